The zero-order valence-electron chi connectivity index (χ0n) is 18.8. The number of hydrogen-bond donors (Lipinski definition) is 0. The summed E-state index contributed by atoms with van der Waals surface area (Å²) in [6.45, 7) is 1.45. The predicted molar refractivity (Wildman–Crippen MR) is 119 cm³/mol. The number of carbonyl (C=O) groups is 1. The molecule has 0 amide bonds. The number of halogens is 3. The Hall–Kier alpha value is -3.10. The molecule has 1 fully saturated rings. The van der Waals surface area contributed by atoms with E-state index in [-0.39, 0.29) is 24.5 Å². The number of benzene rings is 2. The van der Waals surface area contributed by atoms with Crippen molar-refractivity contribution in [2.45, 2.75) is 37.8 Å². The molecule has 8 heteroatoms. The van der Waals surface area contributed by atoms with Gasteiger partial charge in [-0.15, -0.1) is 0 Å². The molecule has 180 valence electrons. The van der Waals surface area contributed by atoms with Gasteiger partial charge in [-0.3, -0.25) is 4.90 Å². The largest absolute Gasteiger partial charge is 0.465 e. The predicted octanol–water partition coefficient (Wildman–Crippen LogP) is 5.86. The second kappa shape index (κ2) is 10.4. The summed E-state index contributed by atoms with van der Waals surface area (Å²) in [7, 11) is 1.04. The smallest absolute Gasteiger partial charge is 0.450 e. The van der Waals surface area contributed by atoms with Gasteiger partial charge in [0.1, 0.15) is 17.4 Å². The van der Waals surface area contributed by atoms with Gasteiger partial charge >= 0.3 is 12.1 Å². The fourth-order valence-corrected chi connectivity index (χ4v) is 4.21. The Balaban J connectivity index is 1.40. The molecule has 1 aliphatic heterocycles. The van der Waals surface area contributed by atoms with E-state index < -0.39 is 23.5 Å². The highest BCUT2D eigenvalue weighted by atomic mass is 19.4. The van der Waals surface area contributed by atoms with Crippen molar-refractivity contribution in [3.63, 3.8) is 0 Å². The molecule has 1 aliphatic rings. The number of methoxy groups -OCH3 is 1. The fourth-order valence-electron chi connectivity index (χ4n) is 4.21. The van der Waals surface area contributed by atoms with Crippen LogP contribution in [0.2, 0.25) is 0 Å². The molecule has 0 spiro atoms. The summed E-state index contributed by atoms with van der Waals surface area (Å²) in [5.41, 5.74) is 1.54. The number of esters is 1. The quantitative estimate of drug-likeness (QED) is 0.403. The first-order valence-corrected chi connectivity index (χ1v) is 11.1. The minimum Gasteiger partial charge on any atom is -0.465 e. The van der Waals surface area contributed by atoms with Crippen LogP contribution < -0.4 is 0 Å². The van der Waals surface area contributed by atoms with Gasteiger partial charge in [0.25, 0.3) is 0 Å². The van der Waals surface area contributed by atoms with Gasteiger partial charge < -0.3 is 13.9 Å². The van der Waals surface area contributed by atoms with Crippen LogP contribution in [0.1, 0.15) is 52.0 Å². The minimum absolute atomic E-state index is 0.00892. The molecule has 2 aromatic carbocycles. The molecule has 1 aromatic heterocycles. The van der Waals surface area contributed by atoms with Crippen LogP contribution in [-0.4, -0.2) is 37.2 Å². The van der Waals surface area contributed by atoms with Gasteiger partial charge in [0.2, 0.25) is 5.76 Å². The normalized spacial score (nSPS) is 15.6. The van der Waals surface area contributed by atoms with E-state index in [0.717, 1.165) is 37.1 Å². The fraction of sp³-hybridized carbons (Fsp3) is 0.346. The zero-order valence-corrected chi connectivity index (χ0v) is 18.8. The van der Waals surface area contributed by atoms with Crippen LogP contribution in [0.5, 0.6) is 0 Å². The van der Waals surface area contributed by atoms with E-state index in [1.807, 2.05) is 65.6 Å². The maximum atomic E-state index is 13.3. The molecule has 2 heterocycles. The summed E-state index contributed by atoms with van der Waals surface area (Å²) in [5, 5.41) is 0. The van der Waals surface area contributed by atoms with Crippen LogP contribution in [0.3, 0.4) is 0 Å². The Labute approximate surface area is 196 Å². The van der Waals surface area contributed by atoms with Crippen LogP contribution in [0, 0.1) is 0 Å². The van der Waals surface area contributed by atoms with E-state index >= 15 is 0 Å². The summed E-state index contributed by atoms with van der Waals surface area (Å²) in [4.78, 5) is 13.8. The van der Waals surface area contributed by atoms with Crippen LogP contribution in [0.15, 0.2) is 71.1 Å². The molecular weight excluding hydrogens is 447 g/mol. The van der Waals surface area contributed by atoms with E-state index in [0.29, 0.717) is 13.1 Å². The molecule has 0 saturated carbocycles. The second-order valence-electron chi connectivity index (χ2n) is 8.26. The lowest BCUT2D eigenvalue weighted by atomic mass is 10.00. The van der Waals surface area contributed by atoms with Gasteiger partial charge in [0.15, 0.2) is 0 Å². The average Bonchev–Trinajstić information content (AvgIpc) is 3.29. The van der Waals surface area contributed by atoms with Gasteiger partial charge in [-0.05, 0) is 30.0 Å². The van der Waals surface area contributed by atoms with Gasteiger partial charge in [-0.2, -0.15) is 13.2 Å². The number of likely N-dealkylation sites (tertiary alicyclic amines) is 1. The number of alkyl halides is 3. The molecule has 0 atom stereocenters. The number of carbonyl (C=O) groups excluding carboxylic acids is 1. The summed E-state index contributed by atoms with van der Waals surface area (Å²) in [5.74, 6) is -2.30. The van der Waals surface area contributed by atoms with Gasteiger partial charge in [-0.1, -0.05) is 60.7 Å². The zero-order chi connectivity index (χ0) is 24.1. The Bertz CT molecular complexity index is 1030. The van der Waals surface area contributed by atoms with E-state index in [1.54, 1.807) is 0 Å². The van der Waals surface area contributed by atoms with Crippen molar-refractivity contribution in [1.29, 1.82) is 0 Å². The molecule has 0 unspecified atom stereocenters. The number of ether oxygens (including phenoxy) is 2. The van der Waals surface area contributed by atoms with Crippen LogP contribution in [-0.2, 0) is 22.2 Å². The van der Waals surface area contributed by atoms with Crippen LogP contribution in [0.4, 0.5) is 13.2 Å². The van der Waals surface area contributed by atoms with Crippen molar-refractivity contribution in [2.75, 3.05) is 20.2 Å². The minimum atomic E-state index is -4.77. The van der Waals surface area contributed by atoms with Crippen molar-refractivity contribution in [2.24, 2.45) is 0 Å². The van der Waals surface area contributed by atoms with E-state index in [9.17, 15) is 18.0 Å². The van der Waals surface area contributed by atoms with E-state index in [2.05, 4.69) is 4.74 Å². The van der Waals surface area contributed by atoms with Crippen molar-refractivity contribution in [1.82, 2.24) is 4.90 Å². The lowest BCUT2D eigenvalue weighted by Gasteiger charge is -2.33. The van der Waals surface area contributed by atoms with E-state index in [1.165, 1.54) is 0 Å². The first-order valence-electron chi connectivity index (χ1n) is 11.1. The molecule has 0 bridgehead atoms. The van der Waals surface area contributed by atoms with Gasteiger partial charge in [-0.25, -0.2) is 4.79 Å². The summed E-state index contributed by atoms with van der Waals surface area (Å²) >= 11 is 0. The third-order valence-electron chi connectivity index (χ3n) is 5.89. The molecule has 0 radical (unpaired) electrons. The summed E-state index contributed by atoms with van der Waals surface area (Å²) in [6, 6.07) is 21.2. The van der Waals surface area contributed by atoms with Gasteiger partial charge in [0.05, 0.1) is 19.8 Å². The summed E-state index contributed by atoms with van der Waals surface area (Å²) in [6.07, 6.45) is -3.50. The van der Waals surface area contributed by atoms with Gasteiger partial charge in [0, 0.05) is 13.1 Å². The summed E-state index contributed by atoms with van der Waals surface area (Å²) < 4.78 is 55.8. The Kier molecular flexibility index (Phi) is 7.38. The standard InChI is InChI=1S/C26H26F3NO4/c1-32-25(31)22-16-21(34-24(22)26(27,28)29)17-30-14-12-20(13-15-30)33-23(18-8-4-2-5-9-18)19-10-6-3-7-11-19/h2-11,16,20,23H,12-15,17H2,1H3. The maximum Gasteiger partial charge on any atom is 0.450 e. The molecular formula is C26H26F3NO4. The first-order chi connectivity index (χ1) is 16.3. The highest BCUT2D eigenvalue weighted by Gasteiger charge is 2.41. The first kappa shape index (κ1) is 24.0. The third-order valence-corrected chi connectivity index (χ3v) is 5.89. The topological polar surface area (TPSA) is 51.9 Å². The monoisotopic (exact) mass is 473 g/mol. The Morgan fingerprint density at radius 1 is 1.03 bits per heavy atom. The lowest BCUT2D eigenvalue weighted by molar-refractivity contribution is -0.154. The van der Waals surface area contributed by atoms with E-state index in [4.69, 9.17) is 9.15 Å². The number of rotatable bonds is 7. The molecule has 3 aromatic rings. The van der Waals surface area contributed by atoms with Crippen molar-refractivity contribution in [3.8, 4) is 0 Å². The molecule has 0 N–H and O–H groups in total. The highest BCUT2D eigenvalue weighted by Crippen LogP contribution is 2.35. The van der Waals surface area contributed by atoms with Crippen LogP contribution in [0.25, 0.3) is 0 Å². The molecule has 0 aliphatic carbocycles. The number of hydrogen-bond acceptors (Lipinski definition) is 5. The Morgan fingerprint density at radius 3 is 2.09 bits per heavy atom. The van der Waals surface area contributed by atoms with Crippen molar-refractivity contribution in [3.05, 3.63) is 94.9 Å². The third kappa shape index (κ3) is 5.69. The lowest BCUT2D eigenvalue weighted by Crippen LogP contribution is -2.37. The van der Waals surface area contributed by atoms with Crippen molar-refractivity contribution >= 4 is 5.97 Å². The SMILES string of the molecule is COC(=O)c1cc(CN2CCC(OC(c3ccccc3)c3ccccc3)CC2)oc1C(F)(F)F. The molecule has 5 nitrogen and oxygen atoms in total. The average molecular weight is 473 g/mol. The molecule has 34 heavy (non-hydrogen) atoms. The maximum absolute atomic E-state index is 13.3. The number of furan rings is 1. The van der Waals surface area contributed by atoms with Crippen LogP contribution >= 0.6 is 0 Å². The molecule has 4 rings (SSSR count). The number of piperidine rings is 1. The highest BCUT2D eigenvalue weighted by molar-refractivity contribution is 5.90. The second-order valence-corrected chi connectivity index (χ2v) is 8.26. The number of nitrogens with zero attached hydrogens (tertiary/aromatic N) is 1. The molecule has 1 saturated heterocycles. The Morgan fingerprint density at radius 2 is 1.59 bits per heavy atom. The van der Waals surface area contributed by atoms with Crippen molar-refractivity contribution < 1.29 is 31.9 Å².